The molecular weight excluding hydrogens is 274 g/mol. The third-order valence-corrected chi connectivity index (χ3v) is 3.66. The SMILES string of the molecule is Cc1nc(-c2cc(C(=O)Nc3ncc[nH]3)n(C)c2)cs1. The van der Waals surface area contributed by atoms with Crippen LogP contribution < -0.4 is 5.32 Å². The Hall–Kier alpha value is -2.41. The first-order chi connectivity index (χ1) is 9.63. The highest BCUT2D eigenvalue weighted by Gasteiger charge is 2.14. The molecule has 0 fully saturated rings. The number of hydrogen-bond donors (Lipinski definition) is 2. The summed E-state index contributed by atoms with van der Waals surface area (Å²) >= 11 is 1.59. The average Bonchev–Trinajstić information content (AvgIpc) is 3.10. The van der Waals surface area contributed by atoms with Gasteiger partial charge in [-0.1, -0.05) is 0 Å². The van der Waals surface area contributed by atoms with Crippen LogP contribution in [0.1, 0.15) is 15.5 Å². The molecule has 3 rings (SSSR count). The number of aryl methyl sites for hydroxylation is 2. The lowest BCUT2D eigenvalue weighted by Gasteiger charge is -2.02. The molecule has 3 aromatic heterocycles. The molecule has 0 atom stereocenters. The molecule has 1 amide bonds. The van der Waals surface area contributed by atoms with Crippen molar-refractivity contribution in [1.29, 1.82) is 0 Å². The van der Waals surface area contributed by atoms with Gasteiger partial charge in [-0.25, -0.2) is 9.97 Å². The van der Waals surface area contributed by atoms with Gasteiger partial charge in [-0.3, -0.25) is 10.1 Å². The van der Waals surface area contributed by atoms with Crippen molar-refractivity contribution in [3.8, 4) is 11.3 Å². The van der Waals surface area contributed by atoms with E-state index in [0.717, 1.165) is 16.3 Å². The Morgan fingerprint density at radius 2 is 2.35 bits per heavy atom. The van der Waals surface area contributed by atoms with E-state index < -0.39 is 0 Å². The number of thiazole rings is 1. The lowest BCUT2D eigenvalue weighted by atomic mass is 10.2. The summed E-state index contributed by atoms with van der Waals surface area (Å²) in [6.45, 7) is 1.96. The molecule has 7 heteroatoms. The number of imidazole rings is 1. The summed E-state index contributed by atoms with van der Waals surface area (Å²) in [7, 11) is 1.83. The normalized spacial score (nSPS) is 10.7. The Morgan fingerprint density at radius 1 is 1.50 bits per heavy atom. The average molecular weight is 287 g/mol. The highest BCUT2D eigenvalue weighted by molar-refractivity contribution is 7.09. The van der Waals surface area contributed by atoms with Crippen molar-refractivity contribution >= 4 is 23.2 Å². The molecule has 3 aromatic rings. The molecule has 0 saturated carbocycles. The molecule has 0 aliphatic rings. The molecule has 2 N–H and O–H groups in total. The minimum Gasteiger partial charge on any atom is -0.346 e. The first-order valence-corrected chi connectivity index (χ1v) is 6.91. The molecule has 102 valence electrons. The molecule has 0 aliphatic carbocycles. The number of hydrogen-bond acceptors (Lipinski definition) is 4. The predicted molar refractivity (Wildman–Crippen MR) is 77.8 cm³/mol. The van der Waals surface area contributed by atoms with Gasteiger partial charge in [0.05, 0.1) is 10.7 Å². The maximum atomic E-state index is 12.2. The smallest absolute Gasteiger partial charge is 0.274 e. The highest BCUT2D eigenvalue weighted by atomic mass is 32.1. The first kappa shape index (κ1) is 12.6. The first-order valence-electron chi connectivity index (χ1n) is 6.03. The molecule has 0 aromatic carbocycles. The maximum absolute atomic E-state index is 12.2. The fraction of sp³-hybridized carbons (Fsp3) is 0.154. The number of nitrogens with zero attached hydrogens (tertiary/aromatic N) is 3. The minimum atomic E-state index is -0.208. The van der Waals surface area contributed by atoms with Crippen LogP contribution in [0, 0.1) is 6.92 Å². The van der Waals surface area contributed by atoms with Crippen LogP contribution in [0.3, 0.4) is 0 Å². The summed E-state index contributed by atoms with van der Waals surface area (Å²) in [5.41, 5.74) is 2.38. The molecule has 0 aliphatic heterocycles. The van der Waals surface area contributed by atoms with Gasteiger partial charge < -0.3 is 9.55 Å². The molecule has 0 unspecified atom stereocenters. The predicted octanol–water partition coefficient (Wildman–Crippen LogP) is 2.43. The van der Waals surface area contributed by atoms with Crippen molar-refractivity contribution in [2.75, 3.05) is 5.32 Å². The topological polar surface area (TPSA) is 75.6 Å². The largest absolute Gasteiger partial charge is 0.346 e. The van der Waals surface area contributed by atoms with Crippen molar-refractivity contribution in [2.45, 2.75) is 6.92 Å². The van der Waals surface area contributed by atoms with Crippen LogP contribution in [-0.2, 0) is 7.05 Å². The lowest BCUT2D eigenvalue weighted by Crippen LogP contribution is -2.16. The van der Waals surface area contributed by atoms with E-state index in [0.29, 0.717) is 11.6 Å². The number of aromatic amines is 1. The Labute approximate surface area is 119 Å². The molecule has 0 bridgehead atoms. The van der Waals surface area contributed by atoms with Crippen LogP contribution in [0.4, 0.5) is 5.95 Å². The van der Waals surface area contributed by atoms with E-state index in [9.17, 15) is 4.79 Å². The monoisotopic (exact) mass is 287 g/mol. The fourth-order valence-electron chi connectivity index (χ4n) is 1.93. The number of carbonyl (C=O) groups excluding carboxylic acids is 1. The molecule has 0 spiro atoms. The van der Waals surface area contributed by atoms with E-state index in [4.69, 9.17) is 0 Å². The van der Waals surface area contributed by atoms with E-state index in [1.807, 2.05) is 31.6 Å². The van der Waals surface area contributed by atoms with Gasteiger partial charge in [0.1, 0.15) is 5.69 Å². The lowest BCUT2D eigenvalue weighted by molar-refractivity contribution is 0.101. The van der Waals surface area contributed by atoms with Crippen LogP contribution in [0.2, 0.25) is 0 Å². The molecule has 0 saturated heterocycles. The van der Waals surface area contributed by atoms with E-state index >= 15 is 0 Å². The molecule has 6 nitrogen and oxygen atoms in total. The second-order valence-electron chi connectivity index (χ2n) is 4.37. The van der Waals surface area contributed by atoms with Crippen LogP contribution >= 0.6 is 11.3 Å². The zero-order chi connectivity index (χ0) is 14.1. The standard InChI is InChI=1S/C13H13N5OS/c1-8-16-10(7-20-8)9-5-11(18(2)6-9)12(19)17-13-14-3-4-15-13/h3-7H,1-2H3,(H2,14,15,17,19). The second kappa shape index (κ2) is 4.93. The third-order valence-electron chi connectivity index (χ3n) is 2.88. The number of H-pyrrole nitrogens is 1. The fourth-order valence-corrected chi connectivity index (χ4v) is 2.55. The van der Waals surface area contributed by atoms with Crippen molar-refractivity contribution in [3.05, 3.63) is 40.7 Å². The summed E-state index contributed by atoms with van der Waals surface area (Å²) in [6.07, 6.45) is 5.14. The van der Waals surface area contributed by atoms with Crippen LogP contribution in [0.15, 0.2) is 30.0 Å². The van der Waals surface area contributed by atoms with Gasteiger partial charge in [-0.15, -0.1) is 11.3 Å². The zero-order valence-electron chi connectivity index (χ0n) is 11.0. The van der Waals surface area contributed by atoms with Gasteiger partial charge in [0.15, 0.2) is 0 Å². The minimum absolute atomic E-state index is 0.208. The molecule has 0 radical (unpaired) electrons. The van der Waals surface area contributed by atoms with Crippen molar-refractivity contribution in [1.82, 2.24) is 19.5 Å². The van der Waals surface area contributed by atoms with Crippen LogP contribution in [0.25, 0.3) is 11.3 Å². The van der Waals surface area contributed by atoms with E-state index in [1.165, 1.54) is 0 Å². The number of amides is 1. The zero-order valence-corrected chi connectivity index (χ0v) is 11.9. The van der Waals surface area contributed by atoms with E-state index in [2.05, 4.69) is 20.3 Å². The Kier molecular flexibility index (Phi) is 3.11. The van der Waals surface area contributed by atoms with Crippen molar-refractivity contribution in [2.24, 2.45) is 7.05 Å². The number of rotatable bonds is 3. The van der Waals surface area contributed by atoms with Crippen molar-refractivity contribution < 1.29 is 4.79 Å². The Balaban J connectivity index is 1.87. The van der Waals surface area contributed by atoms with Gasteiger partial charge in [-0.2, -0.15) is 0 Å². The van der Waals surface area contributed by atoms with Crippen LogP contribution in [0.5, 0.6) is 0 Å². The summed E-state index contributed by atoms with van der Waals surface area (Å²) < 4.78 is 1.78. The van der Waals surface area contributed by atoms with E-state index in [1.54, 1.807) is 28.3 Å². The van der Waals surface area contributed by atoms with E-state index in [-0.39, 0.29) is 5.91 Å². The maximum Gasteiger partial charge on any atom is 0.274 e. The number of nitrogens with one attached hydrogen (secondary N) is 2. The Morgan fingerprint density at radius 3 is 3.00 bits per heavy atom. The quantitative estimate of drug-likeness (QED) is 0.777. The van der Waals surface area contributed by atoms with Gasteiger partial charge in [0, 0.05) is 36.6 Å². The summed E-state index contributed by atoms with van der Waals surface area (Å²) in [5, 5.41) is 5.69. The summed E-state index contributed by atoms with van der Waals surface area (Å²) in [4.78, 5) is 23.4. The Bertz CT molecular complexity index is 741. The van der Waals surface area contributed by atoms with Gasteiger partial charge in [0.25, 0.3) is 5.91 Å². The number of anilines is 1. The molecule has 20 heavy (non-hydrogen) atoms. The van der Waals surface area contributed by atoms with Gasteiger partial charge >= 0.3 is 0 Å². The third kappa shape index (κ3) is 2.35. The highest BCUT2D eigenvalue weighted by Crippen LogP contribution is 2.23. The second-order valence-corrected chi connectivity index (χ2v) is 5.43. The molecular formula is C13H13N5OS. The number of carbonyl (C=O) groups is 1. The summed E-state index contributed by atoms with van der Waals surface area (Å²) in [5.74, 6) is 0.225. The van der Waals surface area contributed by atoms with Crippen molar-refractivity contribution in [3.63, 3.8) is 0 Å². The van der Waals surface area contributed by atoms with Crippen LogP contribution in [-0.4, -0.2) is 25.4 Å². The number of aromatic nitrogens is 4. The molecule has 3 heterocycles. The van der Waals surface area contributed by atoms with Gasteiger partial charge in [-0.05, 0) is 13.0 Å². The summed E-state index contributed by atoms with van der Waals surface area (Å²) in [6, 6.07) is 1.83. The van der Waals surface area contributed by atoms with Gasteiger partial charge in [0.2, 0.25) is 5.95 Å².